The van der Waals surface area contributed by atoms with Crippen LogP contribution < -0.4 is 19.9 Å². The second-order valence-electron chi connectivity index (χ2n) is 8.21. The first-order valence-corrected chi connectivity index (χ1v) is 11.8. The van der Waals surface area contributed by atoms with Crippen molar-refractivity contribution < 1.29 is 26.7 Å². The van der Waals surface area contributed by atoms with Gasteiger partial charge in [-0.25, -0.2) is 0 Å². The van der Waals surface area contributed by atoms with Crippen molar-refractivity contribution in [2.75, 3.05) is 47.9 Å². The van der Waals surface area contributed by atoms with E-state index in [1.807, 2.05) is 18.2 Å². The van der Waals surface area contributed by atoms with E-state index in [9.17, 15) is 22.0 Å². The Balaban J connectivity index is 1.51. The number of rotatable bonds is 8. The van der Waals surface area contributed by atoms with Gasteiger partial charge in [-0.3, -0.25) is 0 Å². The number of halogens is 7. The zero-order valence-corrected chi connectivity index (χ0v) is 20.7. The van der Waals surface area contributed by atoms with Crippen LogP contribution in [0, 0.1) is 0 Å². The summed E-state index contributed by atoms with van der Waals surface area (Å²) in [6.45, 7) is 0.589. The van der Waals surface area contributed by atoms with Crippen molar-refractivity contribution in [3.8, 4) is 6.01 Å². The Morgan fingerprint density at radius 2 is 1.57 bits per heavy atom. The summed E-state index contributed by atoms with van der Waals surface area (Å²) in [6, 6.07) is 12.8. The largest absolute Gasteiger partial charge is 0.454 e. The Labute approximate surface area is 219 Å². The zero-order valence-electron chi connectivity index (χ0n) is 19.2. The molecule has 198 valence electrons. The lowest BCUT2D eigenvalue weighted by Crippen LogP contribution is -2.47. The molecule has 1 aliphatic heterocycles. The van der Waals surface area contributed by atoms with Crippen LogP contribution in [-0.2, 0) is 6.42 Å². The molecule has 4 rings (SSSR count). The van der Waals surface area contributed by atoms with E-state index in [0.29, 0.717) is 42.5 Å². The number of hydrogen-bond donors (Lipinski definition) is 1. The van der Waals surface area contributed by atoms with Crippen molar-refractivity contribution in [3.63, 3.8) is 0 Å². The Hall–Kier alpha value is -3.12. The van der Waals surface area contributed by atoms with Crippen LogP contribution in [0.4, 0.5) is 45.2 Å². The molecule has 7 nitrogen and oxygen atoms in total. The molecule has 0 bridgehead atoms. The maximum absolute atomic E-state index is 13.0. The van der Waals surface area contributed by atoms with Gasteiger partial charge in [0, 0.05) is 42.6 Å². The smallest absolute Gasteiger partial charge is 0.422 e. The topological polar surface area (TPSA) is 66.4 Å². The molecule has 0 spiro atoms. The van der Waals surface area contributed by atoms with Crippen LogP contribution in [0.2, 0.25) is 5.02 Å². The monoisotopic (exact) mass is 562 g/mol. The molecular weight excluding hydrogens is 542 g/mol. The van der Waals surface area contributed by atoms with Crippen molar-refractivity contribution >= 4 is 46.5 Å². The van der Waals surface area contributed by atoms with Gasteiger partial charge in [0.05, 0.1) is 6.42 Å². The lowest BCUT2D eigenvalue weighted by molar-refractivity contribution is -0.154. The van der Waals surface area contributed by atoms with E-state index in [0.717, 1.165) is 5.69 Å². The molecular formula is C23H21Cl2F5N6O. The predicted molar refractivity (Wildman–Crippen MR) is 131 cm³/mol. The van der Waals surface area contributed by atoms with Gasteiger partial charge in [0.2, 0.25) is 11.9 Å². The number of nitrogens with zero attached hydrogens (tertiary/aromatic N) is 5. The van der Waals surface area contributed by atoms with Gasteiger partial charge in [0.15, 0.2) is 6.61 Å². The molecule has 0 atom stereocenters. The first-order chi connectivity index (χ1) is 17.4. The van der Waals surface area contributed by atoms with E-state index in [4.69, 9.17) is 27.9 Å². The SMILES string of the molecule is FC(F)(F)COc1nc(Nc2ccc(CC(F)(F)Cl)cc2)nc(N2CCN(c3cccc(Cl)c3)CC2)n1. The van der Waals surface area contributed by atoms with Crippen LogP contribution in [0.1, 0.15) is 5.56 Å². The summed E-state index contributed by atoms with van der Waals surface area (Å²) in [5, 5.41) is 0.0955. The van der Waals surface area contributed by atoms with E-state index in [1.54, 1.807) is 11.0 Å². The average molecular weight is 563 g/mol. The van der Waals surface area contributed by atoms with Crippen molar-refractivity contribution in [3.05, 3.63) is 59.1 Å². The number of hydrogen-bond acceptors (Lipinski definition) is 7. The minimum absolute atomic E-state index is 0.0603. The van der Waals surface area contributed by atoms with E-state index in [-0.39, 0.29) is 11.9 Å². The third-order valence-corrected chi connectivity index (χ3v) is 5.69. The number of anilines is 4. The molecule has 2 heterocycles. The van der Waals surface area contributed by atoms with E-state index in [2.05, 4.69) is 25.2 Å². The molecule has 1 fully saturated rings. The van der Waals surface area contributed by atoms with Gasteiger partial charge in [-0.2, -0.15) is 36.9 Å². The molecule has 1 N–H and O–H groups in total. The fraction of sp³-hybridized carbons (Fsp3) is 0.348. The first-order valence-electron chi connectivity index (χ1n) is 11.1. The molecule has 0 unspecified atom stereocenters. The standard InChI is InChI=1S/C23H21Cl2F5N6O/c24-16-2-1-3-18(12-16)35-8-10-36(11-9-35)20-32-19(33-21(34-20)37-14-23(28,29)30)31-17-6-4-15(5-7-17)13-22(25,26)27/h1-7,12H,8-11,13-14H2,(H,31,32,33,34). The number of piperazine rings is 1. The third kappa shape index (κ3) is 8.19. The zero-order chi connectivity index (χ0) is 26.6. The fourth-order valence-corrected chi connectivity index (χ4v) is 4.00. The number of nitrogens with one attached hydrogen (secondary N) is 1. The summed E-state index contributed by atoms with van der Waals surface area (Å²) >= 11 is 11.1. The highest BCUT2D eigenvalue weighted by Crippen LogP contribution is 2.27. The average Bonchev–Trinajstić information content (AvgIpc) is 2.83. The summed E-state index contributed by atoms with van der Waals surface area (Å²) in [7, 11) is 0. The number of aromatic nitrogens is 3. The lowest BCUT2D eigenvalue weighted by Gasteiger charge is -2.36. The molecule has 1 saturated heterocycles. The van der Waals surface area contributed by atoms with E-state index >= 15 is 0 Å². The van der Waals surface area contributed by atoms with Gasteiger partial charge in [0.25, 0.3) is 0 Å². The second kappa shape index (κ2) is 11.1. The molecule has 3 aromatic rings. The molecule has 1 aromatic heterocycles. The fourth-order valence-electron chi connectivity index (χ4n) is 3.66. The summed E-state index contributed by atoms with van der Waals surface area (Å²) in [4.78, 5) is 16.3. The van der Waals surface area contributed by atoms with Crippen LogP contribution in [0.25, 0.3) is 0 Å². The van der Waals surface area contributed by atoms with E-state index < -0.39 is 30.6 Å². The maximum Gasteiger partial charge on any atom is 0.422 e. The molecule has 2 aromatic carbocycles. The highest BCUT2D eigenvalue weighted by Gasteiger charge is 2.30. The van der Waals surface area contributed by atoms with Crippen molar-refractivity contribution in [2.24, 2.45) is 0 Å². The molecule has 14 heteroatoms. The Bertz CT molecular complexity index is 1200. The van der Waals surface area contributed by atoms with Gasteiger partial charge in [-0.15, -0.1) is 0 Å². The van der Waals surface area contributed by atoms with Crippen LogP contribution in [0.3, 0.4) is 0 Å². The predicted octanol–water partition coefficient (Wildman–Crippen LogP) is 5.91. The minimum Gasteiger partial charge on any atom is -0.454 e. The molecule has 0 aliphatic carbocycles. The highest BCUT2D eigenvalue weighted by atomic mass is 35.5. The highest BCUT2D eigenvalue weighted by molar-refractivity contribution is 6.30. The summed E-state index contributed by atoms with van der Waals surface area (Å²) in [6.07, 6.45) is -5.23. The maximum atomic E-state index is 13.0. The molecule has 0 amide bonds. The summed E-state index contributed by atoms with van der Waals surface area (Å²) in [5.41, 5.74) is 1.68. The molecule has 0 radical (unpaired) electrons. The number of benzene rings is 2. The Morgan fingerprint density at radius 3 is 2.19 bits per heavy atom. The molecule has 37 heavy (non-hydrogen) atoms. The minimum atomic E-state index is -4.58. The van der Waals surface area contributed by atoms with Crippen LogP contribution in [-0.4, -0.2) is 59.3 Å². The van der Waals surface area contributed by atoms with Crippen LogP contribution in [0.15, 0.2) is 48.5 Å². The van der Waals surface area contributed by atoms with Gasteiger partial charge in [0.1, 0.15) is 0 Å². The van der Waals surface area contributed by atoms with Crippen LogP contribution >= 0.6 is 23.2 Å². The molecule has 1 aliphatic rings. The van der Waals surface area contributed by atoms with Crippen molar-refractivity contribution in [2.45, 2.75) is 18.0 Å². The van der Waals surface area contributed by atoms with Gasteiger partial charge >= 0.3 is 17.6 Å². The normalized spacial score (nSPS) is 14.6. The van der Waals surface area contributed by atoms with Gasteiger partial charge in [-0.05, 0) is 47.5 Å². The Morgan fingerprint density at radius 1 is 0.892 bits per heavy atom. The molecule has 0 saturated carbocycles. The van der Waals surface area contributed by atoms with Gasteiger partial charge < -0.3 is 19.9 Å². The summed E-state index contributed by atoms with van der Waals surface area (Å²) < 4.78 is 69.0. The van der Waals surface area contributed by atoms with Crippen molar-refractivity contribution in [1.29, 1.82) is 0 Å². The lowest BCUT2D eigenvalue weighted by atomic mass is 10.1. The quantitative estimate of drug-likeness (QED) is 0.270. The summed E-state index contributed by atoms with van der Waals surface area (Å²) in [5.74, 6) is 0.0775. The second-order valence-corrected chi connectivity index (χ2v) is 9.20. The number of alkyl halides is 6. The first kappa shape index (κ1) is 26.9. The van der Waals surface area contributed by atoms with Crippen LogP contribution in [0.5, 0.6) is 6.01 Å². The van der Waals surface area contributed by atoms with Gasteiger partial charge in [-0.1, -0.05) is 29.8 Å². The Kier molecular flexibility index (Phi) is 8.08. The van der Waals surface area contributed by atoms with Crippen molar-refractivity contribution in [1.82, 2.24) is 15.0 Å². The van der Waals surface area contributed by atoms with E-state index in [1.165, 1.54) is 24.3 Å². The third-order valence-electron chi connectivity index (χ3n) is 5.32. The number of ether oxygens (including phenoxy) is 1.